The number of hydrogen-bond acceptors (Lipinski definition) is 17. The molecule has 1 amide bonds. The van der Waals surface area contributed by atoms with E-state index < -0.39 is 49.9 Å². The molecule has 0 radical (unpaired) electrons. The molecule has 2 saturated heterocycles. The van der Waals surface area contributed by atoms with Crippen LogP contribution in [0.15, 0.2) is 84.3 Å². The van der Waals surface area contributed by atoms with Gasteiger partial charge in [0.2, 0.25) is 5.82 Å². The molecule has 1 spiro atoms. The van der Waals surface area contributed by atoms with E-state index in [4.69, 9.17) is 18.3 Å². The van der Waals surface area contributed by atoms with Crippen molar-refractivity contribution in [2.24, 2.45) is 11.3 Å². The lowest BCUT2D eigenvalue weighted by molar-refractivity contribution is -0.384. The Labute approximate surface area is 451 Å². The SMILES string of the molecule is [2H]C([2H])([2H])Oc1ncc(CN2CCN(C3CC4(CCN(c5ccc(C(=O)NS(=O)(=O)c6cnc(NCC7CCC(C)(O)CC7)c([N+](=O)[O-])c6)c(Oc6cc7c(F)c[nH]c7nc6OC)c5)CC4)C3)[C@H](c3ccccc3C(C)C)C2)cn1. The third kappa shape index (κ3) is 11.5. The van der Waals surface area contributed by atoms with E-state index in [1.54, 1.807) is 31.5 Å². The third-order valence-corrected chi connectivity index (χ3v) is 17.4. The molecule has 20 nitrogen and oxygen atoms in total. The number of piperidine rings is 1. The quantitative estimate of drug-likeness (QED) is 0.0494. The number of aromatic nitrogens is 5. The van der Waals surface area contributed by atoms with Crippen molar-refractivity contribution in [3.8, 4) is 23.4 Å². The fourth-order valence-electron chi connectivity index (χ4n) is 11.7. The van der Waals surface area contributed by atoms with Crippen LogP contribution in [0.1, 0.15) is 115 Å². The average Bonchev–Trinajstić information content (AvgIpc) is 3.83. The van der Waals surface area contributed by atoms with Gasteiger partial charge in [0.1, 0.15) is 22.1 Å². The van der Waals surface area contributed by atoms with Gasteiger partial charge in [-0.2, -0.15) is 4.98 Å². The number of amides is 1. The molecule has 1 atom stereocenters. The molecule has 4 aromatic heterocycles. The number of aliphatic hydroxyl groups is 1. The number of fused-ring (bicyclic) bond motifs is 1. The van der Waals surface area contributed by atoms with Gasteiger partial charge in [0, 0.05) is 106 Å². The highest BCUT2D eigenvalue weighted by Crippen LogP contribution is 2.53. The molecule has 77 heavy (non-hydrogen) atoms. The number of benzene rings is 2. The average molecular weight is 1080 g/mol. The first-order valence-corrected chi connectivity index (χ1v) is 27.6. The molecule has 4 N–H and O–H groups in total. The van der Waals surface area contributed by atoms with E-state index in [2.05, 4.69) is 83.0 Å². The second-order valence-corrected chi connectivity index (χ2v) is 23.3. The predicted molar refractivity (Wildman–Crippen MR) is 286 cm³/mol. The van der Waals surface area contributed by atoms with Crippen molar-refractivity contribution >= 4 is 44.2 Å². The molecule has 4 fully saturated rings. The smallest absolute Gasteiger partial charge is 0.316 e. The molecule has 2 aliphatic carbocycles. The Bertz CT molecular complexity index is 3360. The van der Waals surface area contributed by atoms with Crippen molar-refractivity contribution in [1.82, 2.24) is 39.4 Å². The van der Waals surface area contributed by atoms with Crippen molar-refractivity contribution in [1.29, 1.82) is 0 Å². The minimum Gasteiger partial charge on any atom is -0.478 e. The van der Waals surface area contributed by atoms with Gasteiger partial charge in [-0.3, -0.25) is 24.7 Å². The summed E-state index contributed by atoms with van der Waals surface area (Å²) in [6.07, 6.45) is 11.7. The number of hydrogen-bond donors (Lipinski definition) is 4. The first kappa shape index (κ1) is 49.6. The van der Waals surface area contributed by atoms with Crippen molar-refractivity contribution < 1.29 is 46.0 Å². The van der Waals surface area contributed by atoms with Crippen molar-refractivity contribution in [3.63, 3.8) is 0 Å². The number of piperazine rings is 1. The largest absolute Gasteiger partial charge is 0.478 e. The number of anilines is 2. The van der Waals surface area contributed by atoms with Crippen LogP contribution in [-0.2, 0) is 16.6 Å². The van der Waals surface area contributed by atoms with Gasteiger partial charge in [0.25, 0.3) is 21.8 Å². The van der Waals surface area contributed by atoms with Crippen molar-refractivity contribution in [3.05, 3.63) is 118 Å². The number of rotatable bonds is 17. The molecule has 2 saturated carbocycles. The van der Waals surface area contributed by atoms with E-state index in [0.29, 0.717) is 69.5 Å². The van der Waals surface area contributed by atoms with Gasteiger partial charge in [-0.25, -0.2) is 32.5 Å². The molecular formula is C55H66FN11O9S. The van der Waals surface area contributed by atoms with E-state index in [1.807, 2.05) is 4.72 Å². The maximum atomic E-state index is 14.9. The summed E-state index contributed by atoms with van der Waals surface area (Å²) in [6, 6.07) is 16.0. The molecule has 10 rings (SSSR count). The second kappa shape index (κ2) is 21.8. The second-order valence-electron chi connectivity index (χ2n) is 21.7. The minimum absolute atomic E-state index is 0.0356. The number of carbonyl (C=O) groups is 1. The summed E-state index contributed by atoms with van der Waals surface area (Å²) in [6.45, 7) is 11.0. The highest BCUT2D eigenvalue weighted by Gasteiger charge is 2.50. The number of ether oxygens (including phenoxy) is 3. The molecule has 22 heteroatoms. The summed E-state index contributed by atoms with van der Waals surface area (Å²) in [5.74, 6) is -1.57. The maximum Gasteiger partial charge on any atom is 0.316 e. The van der Waals surface area contributed by atoms with Crippen molar-refractivity contribution in [2.45, 2.75) is 107 Å². The number of nitro groups is 1. The number of H-pyrrole nitrogens is 1. The molecule has 0 bridgehead atoms. The summed E-state index contributed by atoms with van der Waals surface area (Å²) in [7, 11) is -6.05. The van der Waals surface area contributed by atoms with Crippen LogP contribution >= 0.6 is 0 Å². The molecule has 6 heterocycles. The number of methoxy groups -OCH3 is 2. The Morgan fingerprint density at radius 3 is 2.47 bits per heavy atom. The summed E-state index contributed by atoms with van der Waals surface area (Å²) < 4.78 is 83.7. The molecule has 4 aliphatic rings. The lowest BCUT2D eigenvalue weighted by atomic mass is 9.59. The zero-order valence-electron chi connectivity index (χ0n) is 46.5. The lowest BCUT2D eigenvalue weighted by Gasteiger charge is -2.58. The number of pyridine rings is 2. The minimum atomic E-state index is -4.77. The first-order chi connectivity index (χ1) is 38.0. The monoisotopic (exact) mass is 1080 g/mol. The van der Waals surface area contributed by atoms with Gasteiger partial charge in [0.05, 0.1) is 45.9 Å². The number of nitrogens with zero attached hydrogens (tertiary/aromatic N) is 8. The zero-order chi connectivity index (χ0) is 56.7. The first-order valence-electron chi connectivity index (χ1n) is 27.6. The normalized spacial score (nSPS) is 22.0. The molecule has 2 aromatic carbocycles. The Morgan fingerprint density at radius 2 is 1.75 bits per heavy atom. The van der Waals surface area contributed by atoms with E-state index in [-0.39, 0.29) is 63.2 Å². The van der Waals surface area contributed by atoms with Gasteiger partial charge < -0.3 is 34.5 Å². The van der Waals surface area contributed by atoms with Gasteiger partial charge in [-0.1, -0.05) is 38.1 Å². The zero-order valence-corrected chi connectivity index (χ0v) is 44.3. The van der Waals surface area contributed by atoms with Gasteiger partial charge >= 0.3 is 11.7 Å². The number of aromatic amines is 1. The number of nitrogens with one attached hydrogen (secondary N) is 3. The van der Waals surface area contributed by atoms with E-state index in [1.165, 1.54) is 30.4 Å². The Hall–Kier alpha value is -7.01. The summed E-state index contributed by atoms with van der Waals surface area (Å²) in [5, 5.41) is 25.7. The van der Waals surface area contributed by atoms with Crippen LogP contribution < -0.4 is 29.1 Å². The molecule has 6 aromatic rings. The Morgan fingerprint density at radius 1 is 1.00 bits per heavy atom. The topological polar surface area (TPSA) is 243 Å². The fourth-order valence-corrected chi connectivity index (χ4v) is 12.7. The molecule has 408 valence electrons. The van der Waals surface area contributed by atoms with Gasteiger partial charge in [-0.05, 0) is 98.8 Å². The maximum absolute atomic E-state index is 14.9. The third-order valence-electron chi connectivity index (χ3n) is 16.1. The van der Waals surface area contributed by atoms with E-state index >= 15 is 0 Å². The highest BCUT2D eigenvalue weighted by atomic mass is 32.2. The molecule has 2 aliphatic heterocycles. The highest BCUT2D eigenvalue weighted by molar-refractivity contribution is 7.90. The predicted octanol–water partition coefficient (Wildman–Crippen LogP) is 8.51. The van der Waals surface area contributed by atoms with Crippen LogP contribution in [0.3, 0.4) is 0 Å². The summed E-state index contributed by atoms with van der Waals surface area (Å²) in [4.78, 5) is 51.9. The molecular weight excluding hydrogens is 1010 g/mol. The lowest BCUT2D eigenvalue weighted by Crippen LogP contribution is -2.60. The summed E-state index contributed by atoms with van der Waals surface area (Å²) in [5.41, 5.74) is 2.90. The number of carbonyl (C=O) groups excluding carboxylic acids is 1. The van der Waals surface area contributed by atoms with Crippen molar-refractivity contribution in [2.75, 3.05) is 63.6 Å². The Kier molecular flexibility index (Phi) is 14.0. The number of sulfonamides is 1. The van der Waals surface area contributed by atoms with Crippen LogP contribution in [0, 0.1) is 27.3 Å². The number of halogens is 1. The standard InChI is InChI=1S/C55H66FN11O9S/c1-34(2)40-8-6-7-9-41(40)46-33-64(32-36-28-60-53(75-5)61-29-36)20-21-66(46)38-25-55(26-38)16-18-65(19-17-55)37-10-11-42(47(22-37)76-48-24-43-44(56)31-59-49(43)62-52(48)74-4)51(68)63-77(72,73)39-23-45(67(70)71)50(58-30-39)57-27-35-12-14-54(3,69)15-13-35/h6-11,22-24,28-31,34-35,38,46,69H,12-21,25-27,32-33H2,1-5H3,(H,57,58)(H,59,62)(H,63,68)/t35?,46-,54?/m0/s1/i5D3. The fraction of sp³-hybridized carbons (Fsp3) is 0.473. The van der Waals surface area contributed by atoms with E-state index in [9.17, 15) is 32.8 Å². The molecule has 0 unspecified atom stereocenters. The van der Waals surface area contributed by atoms with Gasteiger partial charge in [0.15, 0.2) is 5.75 Å². The van der Waals surface area contributed by atoms with Crippen LogP contribution in [0.5, 0.6) is 23.4 Å². The Balaban J connectivity index is 0.848. The van der Waals surface area contributed by atoms with Crippen LogP contribution in [0.4, 0.5) is 21.6 Å². The van der Waals surface area contributed by atoms with Crippen LogP contribution in [0.25, 0.3) is 11.0 Å². The van der Waals surface area contributed by atoms with Gasteiger partial charge in [-0.15, -0.1) is 0 Å². The van der Waals surface area contributed by atoms with E-state index in [0.717, 1.165) is 69.3 Å². The van der Waals surface area contributed by atoms with Crippen LogP contribution in [-0.4, -0.2) is 124 Å². The summed E-state index contributed by atoms with van der Waals surface area (Å²) >= 11 is 0. The van der Waals surface area contributed by atoms with Crippen LogP contribution in [0.2, 0.25) is 0 Å².